The Morgan fingerprint density at radius 3 is 2.47 bits per heavy atom. The van der Waals surface area contributed by atoms with E-state index in [1.54, 1.807) is 6.07 Å². The number of alkyl halides is 3. The lowest BCUT2D eigenvalue weighted by molar-refractivity contribution is -0.141. The van der Waals surface area contributed by atoms with Gasteiger partial charge >= 0.3 is 12.1 Å². The lowest BCUT2D eigenvalue weighted by Crippen LogP contribution is -2.13. The number of aryl methyl sites for hydroxylation is 2. The summed E-state index contributed by atoms with van der Waals surface area (Å²) in [5, 5.41) is 9.21. The molecule has 0 fully saturated rings. The van der Waals surface area contributed by atoms with Crippen LogP contribution >= 0.6 is 11.8 Å². The Balaban J connectivity index is 1.41. The molecule has 1 aliphatic carbocycles. The maximum Gasteiger partial charge on any atom is 0.421 e. The predicted molar refractivity (Wildman–Crippen MR) is 160 cm³/mol. The first-order valence-corrected chi connectivity index (χ1v) is 17.1. The van der Waals surface area contributed by atoms with E-state index < -0.39 is 39.6 Å². The number of sulfone groups is 1. The van der Waals surface area contributed by atoms with Gasteiger partial charge in [-0.1, -0.05) is 24.3 Å². The van der Waals surface area contributed by atoms with Gasteiger partial charge in [-0.15, -0.1) is 11.8 Å². The average molecular weight is 635 g/mol. The molecule has 0 amide bonds. The monoisotopic (exact) mass is 634 g/mol. The molecule has 6 nitrogen and oxygen atoms in total. The van der Waals surface area contributed by atoms with Crippen molar-refractivity contribution in [3.63, 3.8) is 0 Å². The minimum atomic E-state index is -4.65. The molecule has 1 aliphatic heterocycles. The maximum absolute atomic E-state index is 14.4. The second kappa shape index (κ2) is 12.1. The zero-order valence-corrected chi connectivity index (χ0v) is 25.7. The number of hydrogen-bond acceptors (Lipinski definition) is 6. The molecule has 3 aromatic rings. The van der Waals surface area contributed by atoms with E-state index in [1.807, 2.05) is 44.2 Å². The lowest BCUT2D eigenvalue weighted by atomic mass is 9.90. The smallest absolute Gasteiger partial charge is 0.421 e. The van der Waals surface area contributed by atoms with Crippen LogP contribution in [0.4, 0.5) is 13.2 Å². The molecule has 0 aromatic heterocycles. The fourth-order valence-corrected chi connectivity index (χ4v) is 8.22. The molecular formula is C32H33F3O6S2. The molecule has 43 heavy (non-hydrogen) atoms. The molecule has 1 N–H and O–H groups in total. The quantitative estimate of drug-likeness (QED) is 0.231. The fourth-order valence-electron chi connectivity index (χ4n) is 6.15. The number of carboxylic acid groups (broad SMARTS) is 1. The average Bonchev–Trinajstić information content (AvgIpc) is 3.49. The molecule has 1 heterocycles. The van der Waals surface area contributed by atoms with Gasteiger partial charge < -0.3 is 14.6 Å². The van der Waals surface area contributed by atoms with Gasteiger partial charge in [0.2, 0.25) is 0 Å². The van der Waals surface area contributed by atoms with Crippen molar-refractivity contribution >= 4 is 27.6 Å². The molecule has 230 valence electrons. The minimum Gasteiger partial charge on any atom is -0.494 e. The van der Waals surface area contributed by atoms with Crippen LogP contribution in [0.3, 0.4) is 0 Å². The Morgan fingerprint density at radius 1 is 1.09 bits per heavy atom. The van der Waals surface area contributed by atoms with Crippen LogP contribution in [0.25, 0.3) is 11.1 Å². The summed E-state index contributed by atoms with van der Waals surface area (Å²) in [5.74, 6) is -0.750. The number of ether oxygens (including phenoxy) is 2. The number of benzene rings is 3. The number of halogens is 3. The number of thioether (sulfide) groups is 1. The van der Waals surface area contributed by atoms with E-state index in [0.717, 1.165) is 45.1 Å². The Morgan fingerprint density at radius 2 is 1.81 bits per heavy atom. The Hall–Kier alpha value is -3.18. The third kappa shape index (κ3) is 6.82. The van der Waals surface area contributed by atoms with Gasteiger partial charge in [0, 0.05) is 22.8 Å². The first-order chi connectivity index (χ1) is 20.2. The molecule has 2 atom stereocenters. The largest absolute Gasteiger partial charge is 0.494 e. The van der Waals surface area contributed by atoms with E-state index in [0.29, 0.717) is 30.6 Å². The van der Waals surface area contributed by atoms with Gasteiger partial charge in [0.15, 0.2) is 0 Å². The molecule has 0 bridgehead atoms. The van der Waals surface area contributed by atoms with Gasteiger partial charge in [-0.3, -0.25) is 4.79 Å². The van der Waals surface area contributed by atoms with Crippen molar-refractivity contribution in [2.45, 2.75) is 62.6 Å². The van der Waals surface area contributed by atoms with Crippen LogP contribution < -0.4 is 9.47 Å². The van der Waals surface area contributed by atoms with E-state index >= 15 is 0 Å². The summed E-state index contributed by atoms with van der Waals surface area (Å²) in [5.41, 5.74) is 5.44. The third-order valence-electron chi connectivity index (χ3n) is 7.91. The topological polar surface area (TPSA) is 89.9 Å². The molecule has 2 unspecified atom stereocenters. The van der Waals surface area contributed by atoms with Gasteiger partial charge in [-0.05, 0) is 90.3 Å². The van der Waals surface area contributed by atoms with Gasteiger partial charge in [0.1, 0.15) is 33.0 Å². The highest BCUT2D eigenvalue weighted by molar-refractivity contribution is 7.99. The predicted octanol–water partition coefficient (Wildman–Crippen LogP) is 7.53. The van der Waals surface area contributed by atoms with Crippen LogP contribution in [0.1, 0.15) is 64.7 Å². The first-order valence-electron chi connectivity index (χ1n) is 14.0. The highest BCUT2D eigenvalue weighted by Gasteiger charge is 2.42. The van der Waals surface area contributed by atoms with Crippen LogP contribution in [-0.4, -0.2) is 43.9 Å². The van der Waals surface area contributed by atoms with Crippen molar-refractivity contribution in [3.8, 4) is 22.6 Å². The van der Waals surface area contributed by atoms with Crippen molar-refractivity contribution in [3.05, 3.63) is 75.8 Å². The summed E-state index contributed by atoms with van der Waals surface area (Å²) >= 11 is 1.04. The van der Waals surface area contributed by atoms with Crippen LogP contribution in [0.5, 0.6) is 11.5 Å². The molecular weight excluding hydrogens is 601 g/mol. The highest BCUT2D eigenvalue weighted by atomic mass is 32.2. The summed E-state index contributed by atoms with van der Waals surface area (Å²) in [6.07, 6.45) is -2.68. The van der Waals surface area contributed by atoms with E-state index in [9.17, 15) is 31.5 Å². The van der Waals surface area contributed by atoms with Gasteiger partial charge in [0.05, 0.1) is 18.8 Å². The molecule has 0 radical (unpaired) electrons. The number of rotatable bonds is 10. The zero-order valence-electron chi connectivity index (χ0n) is 24.1. The molecule has 0 saturated carbocycles. The van der Waals surface area contributed by atoms with Gasteiger partial charge in [-0.2, -0.15) is 13.2 Å². The van der Waals surface area contributed by atoms with Crippen molar-refractivity contribution in [1.82, 2.24) is 0 Å². The standard InChI is InChI=1S/C32H33F3O6S2/c1-18-14-21(40-12-5-13-43(3,38)39)15-19(2)29(18)25-7-4-6-24-23(25)9-10-26(24)41-27-11-8-22-20(16-28(36)37)17-42-31(22)30(27)32(33,34)35/h4,6-8,11,14-15,20,26H,5,9-10,12-13,16-17H2,1-3H3,(H,36,37). The van der Waals surface area contributed by atoms with E-state index in [-0.39, 0.29) is 35.2 Å². The van der Waals surface area contributed by atoms with Crippen molar-refractivity contribution in [1.29, 1.82) is 0 Å². The number of fused-ring (bicyclic) bond motifs is 2. The van der Waals surface area contributed by atoms with E-state index in [4.69, 9.17) is 9.47 Å². The van der Waals surface area contributed by atoms with E-state index in [2.05, 4.69) is 0 Å². The lowest BCUT2D eigenvalue weighted by Gasteiger charge is -2.22. The second-order valence-corrected chi connectivity index (χ2v) is 14.5. The summed E-state index contributed by atoms with van der Waals surface area (Å²) in [4.78, 5) is 11.3. The third-order valence-corrected chi connectivity index (χ3v) is 10.2. The molecule has 0 saturated heterocycles. The van der Waals surface area contributed by atoms with Crippen molar-refractivity contribution < 1.29 is 41.0 Å². The van der Waals surface area contributed by atoms with Gasteiger partial charge in [0.25, 0.3) is 0 Å². The second-order valence-electron chi connectivity index (χ2n) is 11.2. The first kappa shape index (κ1) is 31.3. The number of carboxylic acids is 1. The number of carbonyl (C=O) groups is 1. The maximum atomic E-state index is 14.4. The van der Waals surface area contributed by atoms with Crippen molar-refractivity contribution in [2.24, 2.45) is 0 Å². The normalized spacial score (nSPS) is 17.9. The highest BCUT2D eigenvalue weighted by Crippen LogP contribution is 2.52. The van der Waals surface area contributed by atoms with Crippen LogP contribution in [-0.2, 0) is 27.2 Å². The molecule has 2 aliphatic rings. The fraction of sp³-hybridized carbons (Fsp3) is 0.406. The van der Waals surface area contributed by atoms with Crippen LogP contribution in [0.15, 0.2) is 47.4 Å². The Kier molecular flexibility index (Phi) is 8.77. The summed E-state index contributed by atoms with van der Waals surface area (Å²) in [6.45, 7) is 4.24. The summed E-state index contributed by atoms with van der Waals surface area (Å²) in [6, 6.07) is 12.6. The van der Waals surface area contributed by atoms with Crippen LogP contribution in [0.2, 0.25) is 0 Å². The Bertz CT molecular complexity index is 1640. The Labute approximate surface area is 253 Å². The van der Waals surface area contributed by atoms with Crippen LogP contribution in [0, 0.1) is 13.8 Å². The summed E-state index contributed by atoms with van der Waals surface area (Å²) in [7, 11) is -3.05. The van der Waals surface area contributed by atoms with E-state index in [1.165, 1.54) is 12.3 Å². The SMILES string of the molecule is Cc1cc(OCCCS(C)(=O)=O)cc(C)c1-c1cccc2c1CCC2Oc1ccc2c(c1C(F)(F)F)SCC2CC(=O)O. The number of aliphatic carboxylic acids is 1. The van der Waals surface area contributed by atoms with Gasteiger partial charge in [-0.25, -0.2) is 8.42 Å². The summed E-state index contributed by atoms with van der Waals surface area (Å²) < 4.78 is 77.8. The minimum absolute atomic E-state index is 0.0580. The zero-order chi connectivity index (χ0) is 31.1. The van der Waals surface area contributed by atoms with Crippen molar-refractivity contribution in [2.75, 3.05) is 24.4 Å². The molecule has 3 aromatic carbocycles. The molecule has 0 spiro atoms. The molecule has 5 rings (SSSR count). The molecule has 11 heteroatoms. The number of hydrogen-bond donors (Lipinski definition) is 1.